The third-order valence-electron chi connectivity index (χ3n) is 5.46. The molecule has 3 atom stereocenters. The Morgan fingerprint density at radius 3 is 2.66 bits per heavy atom. The molecule has 29 heavy (non-hydrogen) atoms. The molecule has 2 aromatic rings. The second-order valence-electron chi connectivity index (χ2n) is 7.16. The van der Waals surface area contributed by atoms with E-state index < -0.39 is 16.8 Å². The van der Waals surface area contributed by atoms with Crippen molar-refractivity contribution in [2.45, 2.75) is 25.3 Å². The summed E-state index contributed by atoms with van der Waals surface area (Å²) in [4.78, 5) is 16.2. The summed E-state index contributed by atoms with van der Waals surface area (Å²) in [6, 6.07) is 10.7. The van der Waals surface area contributed by atoms with Crippen LogP contribution in [0.4, 0.5) is 0 Å². The predicted octanol–water partition coefficient (Wildman–Crippen LogP) is 3.25. The molecule has 1 unspecified atom stereocenters. The molecule has 0 bridgehead atoms. The Balaban J connectivity index is 1.86. The van der Waals surface area contributed by atoms with E-state index in [0.717, 1.165) is 28.8 Å². The number of carbonyl (C=O) groups is 1. The van der Waals surface area contributed by atoms with Gasteiger partial charge in [0.1, 0.15) is 0 Å². The van der Waals surface area contributed by atoms with Gasteiger partial charge in [0, 0.05) is 39.4 Å². The van der Waals surface area contributed by atoms with Crippen LogP contribution in [0.15, 0.2) is 41.4 Å². The molecule has 1 saturated heterocycles. The smallest absolute Gasteiger partial charge is 0.335 e. The van der Waals surface area contributed by atoms with E-state index in [-0.39, 0.29) is 17.5 Å². The van der Waals surface area contributed by atoms with Crippen LogP contribution < -0.4 is 9.47 Å². The van der Waals surface area contributed by atoms with Crippen LogP contribution in [0.1, 0.15) is 46.3 Å². The Kier molecular flexibility index (Phi) is 5.41. The first kappa shape index (κ1) is 19.6. The van der Waals surface area contributed by atoms with Crippen molar-refractivity contribution in [2.24, 2.45) is 4.99 Å². The molecule has 0 radical (unpaired) electrons. The van der Waals surface area contributed by atoms with Gasteiger partial charge in [-0.15, -0.1) is 0 Å². The molecule has 0 aromatic heterocycles. The SMILES string of the molecule is CCOc1cc2c(cc1OC)C(c1ccc(C(=O)O)cc1)=NC1CC[S@](=O)C[C@H]21. The fraction of sp³-hybridized carbons (Fsp3) is 0.364. The molecule has 1 fully saturated rings. The molecule has 1 N–H and O–H groups in total. The normalized spacial score (nSPS) is 22.8. The largest absolute Gasteiger partial charge is 0.493 e. The van der Waals surface area contributed by atoms with E-state index in [9.17, 15) is 14.1 Å². The highest BCUT2D eigenvalue weighted by molar-refractivity contribution is 7.85. The van der Waals surface area contributed by atoms with Gasteiger partial charge in [0.05, 0.1) is 31.0 Å². The van der Waals surface area contributed by atoms with Crippen molar-refractivity contribution in [1.82, 2.24) is 0 Å². The Morgan fingerprint density at radius 1 is 1.24 bits per heavy atom. The van der Waals surface area contributed by atoms with Crippen molar-refractivity contribution < 1.29 is 23.6 Å². The molecule has 2 aliphatic rings. The summed E-state index contributed by atoms with van der Waals surface area (Å²) >= 11 is 0. The first-order chi connectivity index (χ1) is 14.0. The Labute approximate surface area is 172 Å². The summed E-state index contributed by atoms with van der Waals surface area (Å²) in [7, 11) is 0.747. The third-order valence-corrected chi connectivity index (χ3v) is 6.88. The van der Waals surface area contributed by atoms with E-state index in [4.69, 9.17) is 14.5 Å². The van der Waals surface area contributed by atoms with Gasteiger partial charge in [-0.1, -0.05) is 12.1 Å². The number of carboxylic acids is 1. The average Bonchev–Trinajstić information content (AvgIpc) is 2.73. The van der Waals surface area contributed by atoms with Crippen molar-refractivity contribution in [3.8, 4) is 11.5 Å². The summed E-state index contributed by atoms with van der Waals surface area (Å²) in [6.07, 6.45) is 0.767. The lowest BCUT2D eigenvalue weighted by Gasteiger charge is -2.35. The molecule has 7 heteroatoms. The predicted molar refractivity (Wildman–Crippen MR) is 112 cm³/mol. The zero-order chi connectivity index (χ0) is 20.5. The number of aromatic carboxylic acids is 1. The first-order valence-corrected chi connectivity index (χ1v) is 11.1. The maximum absolute atomic E-state index is 12.3. The molecule has 0 amide bonds. The number of aliphatic imine (C=N–C) groups is 1. The highest BCUT2D eigenvalue weighted by Crippen LogP contribution is 2.42. The molecule has 2 aliphatic heterocycles. The minimum absolute atomic E-state index is 0.0530. The van der Waals surface area contributed by atoms with E-state index in [0.29, 0.717) is 29.6 Å². The van der Waals surface area contributed by atoms with Gasteiger partial charge in [-0.2, -0.15) is 0 Å². The standard InChI is InChI=1S/C22H23NO5S/c1-3-28-20-10-15-16(11-19(20)27-2)21(13-4-6-14(7-5-13)22(24)25)23-18-8-9-29(26)12-17(15)18/h4-7,10-11,17-18H,3,8-9,12H2,1-2H3,(H,24,25)/t17-,18?,29+/m1/s1. The Hall–Kier alpha value is -2.67. The summed E-state index contributed by atoms with van der Waals surface area (Å²) < 4.78 is 23.6. The van der Waals surface area contributed by atoms with Crippen LogP contribution in [0, 0.1) is 0 Å². The molecule has 2 heterocycles. The van der Waals surface area contributed by atoms with Gasteiger partial charge in [0.15, 0.2) is 11.5 Å². The number of methoxy groups -OCH3 is 1. The zero-order valence-corrected chi connectivity index (χ0v) is 17.2. The molecule has 2 aromatic carbocycles. The number of fused-ring (bicyclic) bond motifs is 3. The Bertz CT molecular complexity index is 999. The highest BCUT2D eigenvalue weighted by atomic mass is 32.2. The quantitative estimate of drug-likeness (QED) is 0.813. The lowest BCUT2D eigenvalue weighted by atomic mass is 9.81. The van der Waals surface area contributed by atoms with Gasteiger partial charge in [0.25, 0.3) is 0 Å². The van der Waals surface area contributed by atoms with Crippen molar-refractivity contribution in [1.29, 1.82) is 0 Å². The summed E-state index contributed by atoms with van der Waals surface area (Å²) in [5, 5.41) is 9.18. The van der Waals surface area contributed by atoms with E-state index in [2.05, 4.69) is 0 Å². The van der Waals surface area contributed by atoms with Crippen LogP contribution in [-0.4, -0.2) is 52.3 Å². The lowest BCUT2D eigenvalue weighted by molar-refractivity contribution is 0.0697. The molecular formula is C22H23NO5S. The number of carboxylic acid groups (broad SMARTS) is 1. The van der Waals surface area contributed by atoms with Crippen molar-refractivity contribution in [3.05, 3.63) is 58.7 Å². The highest BCUT2D eigenvalue weighted by Gasteiger charge is 2.37. The van der Waals surface area contributed by atoms with Gasteiger partial charge in [0.2, 0.25) is 0 Å². The molecular weight excluding hydrogens is 390 g/mol. The van der Waals surface area contributed by atoms with Crippen LogP contribution in [-0.2, 0) is 10.8 Å². The molecule has 4 rings (SSSR count). The number of ether oxygens (including phenoxy) is 2. The lowest BCUT2D eigenvalue weighted by Crippen LogP contribution is -2.35. The molecule has 0 spiro atoms. The van der Waals surface area contributed by atoms with E-state index >= 15 is 0 Å². The van der Waals surface area contributed by atoms with Crippen LogP contribution >= 0.6 is 0 Å². The molecule has 152 valence electrons. The number of benzene rings is 2. The molecule has 6 nitrogen and oxygen atoms in total. The number of rotatable bonds is 5. The first-order valence-electron chi connectivity index (χ1n) is 9.63. The minimum atomic E-state index is -0.958. The fourth-order valence-corrected chi connectivity index (χ4v) is 5.52. The topological polar surface area (TPSA) is 85.2 Å². The molecule has 0 aliphatic carbocycles. The summed E-state index contributed by atoms with van der Waals surface area (Å²) in [5.74, 6) is 1.65. The van der Waals surface area contributed by atoms with Gasteiger partial charge in [-0.25, -0.2) is 4.79 Å². The molecule has 0 saturated carbocycles. The van der Waals surface area contributed by atoms with Crippen molar-refractivity contribution in [2.75, 3.05) is 25.2 Å². The second-order valence-corrected chi connectivity index (χ2v) is 8.78. The van der Waals surface area contributed by atoms with Gasteiger partial charge < -0.3 is 14.6 Å². The zero-order valence-electron chi connectivity index (χ0n) is 16.4. The van der Waals surface area contributed by atoms with Crippen LogP contribution in [0.3, 0.4) is 0 Å². The van der Waals surface area contributed by atoms with E-state index in [1.165, 1.54) is 0 Å². The monoisotopic (exact) mass is 413 g/mol. The second kappa shape index (κ2) is 7.99. The Morgan fingerprint density at radius 2 is 2.00 bits per heavy atom. The third kappa shape index (κ3) is 3.67. The maximum atomic E-state index is 12.3. The van der Waals surface area contributed by atoms with E-state index in [1.54, 1.807) is 31.4 Å². The number of nitrogens with zero attached hydrogens (tertiary/aromatic N) is 1. The van der Waals surface area contributed by atoms with Crippen LogP contribution in [0.2, 0.25) is 0 Å². The number of hydrogen-bond donors (Lipinski definition) is 1. The van der Waals surface area contributed by atoms with Crippen molar-refractivity contribution in [3.63, 3.8) is 0 Å². The van der Waals surface area contributed by atoms with Gasteiger partial charge in [-0.05, 0) is 43.2 Å². The maximum Gasteiger partial charge on any atom is 0.335 e. The summed E-state index contributed by atoms with van der Waals surface area (Å²) in [6.45, 7) is 2.45. The van der Waals surface area contributed by atoms with Gasteiger partial charge >= 0.3 is 5.97 Å². The number of hydrogen-bond acceptors (Lipinski definition) is 5. The fourth-order valence-electron chi connectivity index (χ4n) is 4.05. The van der Waals surface area contributed by atoms with Gasteiger partial charge in [-0.3, -0.25) is 9.20 Å². The van der Waals surface area contributed by atoms with Crippen LogP contribution in [0.25, 0.3) is 0 Å². The minimum Gasteiger partial charge on any atom is -0.493 e. The van der Waals surface area contributed by atoms with E-state index in [1.807, 2.05) is 19.1 Å². The summed E-state index contributed by atoms with van der Waals surface area (Å²) in [5.41, 5.74) is 3.90. The average molecular weight is 413 g/mol. The van der Waals surface area contributed by atoms with Crippen molar-refractivity contribution >= 4 is 22.5 Å². The van der Waals surface area contributed by atoms with Crippen LogP contribution in [0.5, 0.6) is 11.5 Å².